The van der Waals surface area contributed by atoms with Crippen LogP contribution in [0.2, 0.25) is 0 Å². The molecule has 0 fully saturated rings. The molecule has 2 N–H and O–H groups in total. The SMILES string of the molecule is Nc1ccccc1C(=O)c1ccc(C(F)(F)F)c(F)c1. The maximum absolute atomic E-state index is 13.4. The summed E-state index contributed by atoms with van der Waals surface area (Å²) >= 11 is 0. The summed E-state index contributed by atoms with van der Waals surface area (Å²) in [5.74, 6) is -2.12. The fourth-order valence-corrected chi connectivity index (χ4v) is 1.75. The van der Waals surface area contributed by atoms with Gasteiger partial charge in [-0.1, -0.05) is 18.2 Å². The third kappa shape index (κ3) is 2.64. The molecule has 0 aliphatic heterocycles. The lowest BCUT2D eigenvalue weighted by atomic mass is 10.0. The molecule has 20 heavy (non-hydrogen) atoms. The Bertz CT molecular complexity index is 664. The van der Waals surface area contributed by atoms with Crippen LogP contribution in [0.15, 0.2) is 42.5 Å². The lowest BCUT2D eigenvalue weighted by Crippen LogP contribution is -2.11. The first-order valence-corrected chi connectivity index (χ1v) is 5.56. The zero-order valence-corrected chi connectivity index (χ0v) is 10.0. The molecule has 0 unspecified atom stereocenters. The van der Waals surface area contributed by atoms with Crippen LogP contribution in [0.5, 0.6) is 0 Å². The van der Waals surface area contributed by atoms with E-state index in [1.165, 1.54) is 12.1 Å². The second-order valence-electron chi connectivity index (χ2n) is 4.11. The van der Waals surface area contributed by atoms with E-state index < -0.39 is 23.3 Å². The molecule has 0 amide bonds. The quantitative estimate of drug-likeness (QED) is 0.519. The van der Waals surface area contributed by atoms with E-state index in [9.17, 15) is 22.4 Å². The summed E-state index contributed by atoms with van der Waals surface area (Å²) in [4.78, 5) is 12.1. The smallest absolute Gasteiger partial charge is 0.398 e. The molecule has 6 heteroatoms. The van der Waals surface area contributed by atoms with E-state index in [2.05, 4.69) is 0 Å². The Hall–Kier alpha value is -2.37. The molecule has 0 saturated carbocycles. The Kier molecular flexibility index (Phi) is 3.48. The van der Waals surface area contributed by atoms with Crippen LogP contribution >= 0.6 is 0 Å². The van der Waals surface area contributed by atoms with Crippen LogP contribution in [-0.2, 0) is 6.18 Å². The minimum absolute atomic E-state index is 0.117. The molecule has 0 radical (unpaired) electrons. The van der Waals surface area contributed by atoms with Crippen molar-refractivity contribution in [1.82, 2.24) is 0 Å². The van der Waals surface area contributed by atoms with Crippen molar-refractivity contribution in [2.75, 3.05) is 5.73 Å². The van der Waals surface area contributed by atoms with Crippen LogP contribution < -0.4 is 5.73 Å². The summed E-state index contributed by atoms with van der Waals surface area (Å²) in [7, 11) is 0. The molecule has 0 atom stereocenters. The van der Waals surface area contributed by atoms with E-state index in [0.29, 0.717) is 12.1 Å². The van der Waals surface area contributed by atoms with E-state index in [4.69, 9.17) is 5.73 Å². The van der Waals surface area contributed by atoms with Gasteiger partial charge in [0.25, 0.3) is 0 Å². The summed E-state index contributed by atoms with van der Waals surface area (Å²) in [5.41, 5.74) is 4.30. The van der Waals surface area contributed by atoms with Crippen LogP contribution in [0, 0.1) is 5.82 Å². The van der Waals surface area contributed by atoms with E-state index in [-0.39, 0.29) is 16.8 Å². The Morgan fingerprint density at radius 2 is 1.70 bits per heavy atom. The summed E-state index contributed by atoms with van der Waals surface area (Å²) in [6.07, 6.45) is -4.79. The Morgan fingerprint density at radius 1 is 1.05 bits per heavy atom. The molecule has 0 heterocycles. The van der Waals surface area contributed by atoms with Gasteiger partial charge in [0.05, 0.1) is 5.56 Å². The maximum atomic E-state index is 13.4. The van der Waals surface area contributed by atoms with Crippen molar-refractivity contribution in [2.45, 2.75) is 6.18 Å². The van der Waals surface area contributed by atoms with E-state index in [1.54, 1.807) is 12.1 Å². The van der Waals surface area contributed by atoms with Crippen LogP contribution in [0.3, 0.4) is 0 Å². The summed E-state index contributed by atoms with van der Waals surface area (Å²) in [5, 5.41) is 0. The van der Waals surface area contributed by atoms with Crippen molar-refractivity contribution < 1.29 is 22.4 Å². The van der Waals surface area contributed by atoms with Crippen molar-refractivity contribution in [2.24, 2.45) is 0 Å². The molecule has 0 aliphatic carbocycles. The second kappa shape index (κ2) is 4.96. The highest BCUT2D eigenvalue weighted by atomic mass is 19.4. The Balaban J connectivity index is 2.43. The molecule has 0 bridgehead atoms. The molecule has 104 valence electrons. The van der Waals surface area contributed by atoms with Crippen molar-refractivity contribution in [1.29, 1.82) is 0 Å². The first-order valence-electron chi connectivity index (χ1n) is 5.56. The molecule has 2 rings (SSSR count). The number of para-hydroxylation sites is 1. The number of benzene rings is 2. The fourth-order valence-electron chi connectivity index (χ4n) is 1.75. The van der Waals surface area contributed by atoms with Crippen molar-refractivity contribution in [3.05, 3.63) is 65.0 Å². The number of halogens is 4. The van der Waals surface area contributed by atoms with Crippen LogP contribution in [0.4, 0.5) is 23.2 Å². The number of hydrogen-bond donors (Lipinski definition) is 1. The third-order valence-corrected chi connectivity index (χ3v) is 2.74. The largest absolute Gasteiger partial charge is 0.419 e. The van der Waals surface area contributed by atoms with Gasteiger partial charge >= 0.3 is 6.18 Å². The first-order chi connectivity index (χ1) is 9.30. The lowest BCUT2D eigenvalue weighted by Gasteiger charge is -2.09. The minimum Gasteiger partial charge on any atom is -0.398 e. The molecule has 2 aromatic rings. The maximum Gasteiger partial charge on any atom is 0.419 e. The van der Waals surface area contributed by atoms with Gasteiger partial charge in [0, 0.05) is 16.8 Å². The van der Waals surface area contributed by atoms with E-state index >= 15 is 0 Å². The Morgan fingerprint density at radius 3 is 2.25 bits per heavy atom. The van der Waals surface area contributed by atoms with Gasteiger partial charge < -0.3 is 5.73 Å². The number of alkyl halides is 3. The van der Waals surface area contributed by atoms with Crippen LogP contribution in [-0.4, -0.2) is 5.78 Å². The monoisotopic (exact) mass is 283 g/mol. The van der Waals surface area contributed by atoms with Gasteiger partial charge in [-0.05, 0) is 24.3 Å². The normalized spacial score (nSPS) is 11.4. The fraction of sp³-hybridized carbons (Fsp3) is 0.0714. The average Bonchev–Trinajstić information content (AvgIpc) is 2.37. The minimum atomic E-state index is -4.79. The molecule has 0 saturated heterocycles. The van der Waals surface area contributed by atoms with Crippen LogP contribution in [0.1, 0.15) is 21.5 Å². The third-order valence-electron chi connectivity index (χ3n) is 2.74. The number of nitrogens with two attached hydrogens (primary N) is 1. The van der Waals surface area contributed by atoms with E-state index in [0.717, 1.165) is 6.07 Å². The number of ketones is 1. The van der Waals surface area contributed by atoms with Gasteiger partial charge in [-0.25, -0.2) is 4.39 Å². The predicted molar refractivity (Wildman–Crippen MR) is 65.7 cm³/mol. The molecule has 0 aliphatic rings. The highest BCUT2D eigenvalue weighted by Gasteiger charge is 2.34. The van der Waals surface area contributed by atoms with Gasteiger partial charge in [0.15, 0.2) is 5.78 Å². The Labute approximate surface area is 111 Å². The summed E-state index contributed by atoms with van der Waals surface area (Å²) < 4.78 is 50.7. The van der Waals surface area contributed by atoms with Gasteiger partial charge in [-0.3, -0.25) is 4.79 Å². The number of nitrogen functional groups attached to an aromatic ring is 1. The molecule has 0 aromatic heterocycles. The molecule has 2 nitrogen and oxygen atoms in total. The van der Waals surface area contributed by atoms with E-state index in [1.807, 2.05) is 0 Å². The summed E-state index contributed by atoms with van der Waals surface area (Å²) in [6, 6.07) is 8.12. The van der Waals surface area contributed by atoms with Gasteiger partial charge in [0.1, 0.15) is 5.82 Å². The number of carbonyl (C=O) groups is 1. The second-order valence-corrected chi connectivity index (χ2v) is 4.11. The lowest BCUT2D eigenvalue weighted by molar-refractivity contribution is -0.140. The molecular formula is C14H9F4NO. The molecule has 0 spiro atoms. The van der Waals surface area contributed by atoms with Crippen molar-refractivity contribution in [3.63, 3.8) is 0 Å². The predicted octanol–water partition coefficient (Wildman–Crippen LogP) is 3.66. The number of rotatable bonds is 2. The zero-order valence-electron chi connectivity index (χ0n) is 10.0. The standard InChI is InChI=1S/C14H9F4NO/c15-11-7-8(5-6-10(11)14(16,17)18)13(20)9-3-1-2-4-12(9)19/h1-7H,19H2. The topological polar surface area (TPSA) is 43.1 Å². The number of hydrogen-bond acceptors (Lipinski definition) is 2. The highest BCUT2D eigenvalue weighted by Crippen LogP contribution is 2.32. The van der Waals surface area contributed by atoms with Gasteiger partial charge in [-0.2, -0.15) is 13.2 Å². The first kappa shape index (κ1) is 14.0. The highest BCUT2D eigenvalue weighted by molar-refractivity contribution is 6.12. The number of anilines is 1. The van der Waals surface area contributed by atoms with Crippen molar-refractivity contribution in [3.8, 4) is 0 Å². The van der Waals surface area contributed by atoms with Crippen molar-refractivity contribution >= 4 is 11.5 Å². The molecular weight excluding hydrogens is 274 g/mol. The van der Waals surface area contributed by atoms with Crippen LogP contribution in [0.25, 0.3) is 0 Å². The zero-order chi connectivity index (χ0) is 14.9. The molecule has 2 aromatic carbocycles. The van der Waals surface area contributed by atoms with Gasteiger partial charge in [-0.15, -0.1) is 0 Å². The summed E-state index contributed by atoms with van der Waals surface area (Å²) in [6.45, 7) is 0. The number of carbonyl (C=O) groups excluding carboxylic acids is 1. The average molecular weight is 283 g/mol. The van der Waals surface area contributed by atoms with Gasteiger partial charge in [0.2, 0.25) is 0 Å².